The summed E-state index contributed by atoms with van der Waals surface area (Å²) in [5.41, 5.74) is 0.449. The molecule has 4 saturated carbocycles. The van der Waals surface area contributed by atoms with Crippen LogP contribution < -0.4 is 10.1 Å². The SMILES string of the molecule is COc1ccc(Cl)cc1C(=O)CCC(=O)NC12CC3CC(CC(C3)C1)C2. The van der Waals surface area contributed by atoms with E-state index in [-0.39, 0.29) is 30.1 Å². The molecular weight excluding hydrogens is 350 g/mol. The summed E-state index contributed by atoms with van der Waals surface area (Å²) in [7, 11) is 1.53. The number of hydrogen-bond acceptors (Lipinski definition) is 3. The molecule has 4 aliphatic carbocycles. The summed E-state index contributed by atoms with van der Waals surface area (Å²) in [5.74, 6) is 2.77. The van der Waals surface area contributed by atoms with Gasteiger partial charge in [-0.25, -0.2) is 0 Å². The first-order valence-corrected chi connectivity index (χ1v) is 10.0. The van der Waals surface area contributed by atoms with Gasteiger partial charge in [-0.1, -0.05) is 11.6 Å². The lowest BCUT2D eigenvalue weighted by atomic mass is 9.53. The molecule has 4 fully saturated rings. The number of rotatable bonds is 6. The van der Waals surface area contributed by atoms with Crippen LogP contribution in [0.15, 0.2) is 18.2 Å². The first kappa shape index (κ1) is 17.8. The van der Waals surface area contributed by atoms with Gasteiger partial charge in [0, 0.05) is 23.4 Å². The minimum Gasteiger partial charge on any atom is -0.496 e. The molecule has 4 aliphatic rings. The smallest absolute Gasteiger partial charge is 0.220 e. The van der Waals surface area contributed by atoms with Crippen molar-refractivity contribution in [3.8, 4) is 5.75 Å². The van der Waals surface area contributed by atoms with Gasteiger partial charge in [-0.3, -0.25) is 9.59 Å². The van der Waals surface area contributed by atoms with Gasteiger partial charge in [0.05, 0.1) is 12.7 Å². The highest BCUT2D eigenvalue weighted by atomic mass is 35.5. The highest BCUT2D eigenvalue weighted by Crippen LogP contribution is 2.55. The molecular formula is C21H26ClNO3. The summed E-state index contributed by atoms with van der Waals surface area (Å²) in [6.45, 7) is 0. The highest BCUT2D eigenvalue weighted by Gasteiger charge is 2.51. The molecule has 1 N–H and O–H groups in total. The monoisotopic (exact) mass is 375 g/mol. The molecule has 4 bridgehead atoms. The summed E-state index contributed by atoms with van der Waals surface area (Å²) in [5, 5.41) is 3.82. The maximum absolute atomic E-state index is 12.6. The first-order chi connectivity index (χ1) is 12.5. The average molecular weight is 376 g/mol. The van der Waals surface area contributed by atoms with Crippen molar-refractivity contribution < 1.29 is 14.3 Å². The Bertz CT molecular complexity index is 695. The molecule has 0 saturated heterocycles. The van der Waals surface area contributed by atoms with Gasteiger partial charge in [-0.05, 0) is 74.5 Å². The van der Waals surface area contributed by atoms with Crippen molar-refractivity contribution in [1.82, 2.24) is 5.32 Å². The molecule has 5 heteroatoms. The van der Waals surface area contributed by atoms with Crippen molar-refractivity contribution in [3.05, 3.63) is 28.8 Å². The Morgan fingerprint density at radius 3 is 2.31 bits per heavy atom. The molecule has 0 radical (unpaired) electrons. The third kappa shape index (κ3) is 3.48. The predicted molar refractivity (Wildman–Crippen MR) is 101 cm³/mol. The van der Waals surface area contributed by atoms with Crippen molar-refractivity contribution in [3.63, 3.8) is 0 Å². The van der Waals surface area contributed by atoms with Gasteiger partial charge in [0.1, 0.15) is 5.75 Å². The third-order valence-corrected chi connectivity index (χ3v) is 6.72. The molecule has 4 nitrogen and oxygen atoms in total. The fourth-order valence-electron chi connectivity index (χ4n) is 5.88. The fraction of sp³-hybridized carbons (Fsp3) is 0.619. The second-order valence-corrected chi connectivity index (χ2v) is 8.95. The van der Waals surface area contributed by atoms with E-state index in [0.29, 0.717) is 16.3 Å². The number of methoxy groups -OCH3 is 1. The van der Waals surface area contributed by atoms with Crippen LogP contribution in [-0.4, -0.2) is 24.3 Å². The average Bonchev–Trinajstić information content (AvgIpc) is 2.58. The molecule has 26 heavy (non-hydrogen) atoms. The van der Waals surface area contributed by atoms with Crippen molar-refractivity contribution >= 4 is 23.3 Å². The van der Waals surface area contributed by atoms with E-state index in [1.165, 1.54) is 26.4 Å². The molecule has 1 aromatic rings. The molecule has 0 aliphatic heterocycles. The minimum atomic E-state index is -0.106. The molecule has 5 rings (SSSR count). The zero-order valence-corrected chi connectivity index (χ0v) is 16.0. The molecule has 140 valence electrons. The standard InChI is InChI=1S/C21H26ClNO3/c1-26-19-4-2-16(22)9-17(19)18(24)3-5-20(25)23-21-10-13-6-14(11-21)8-15(7-13)12-21/h2,4,9,13-15H,3,5-8,10-12H2,1H3,(H,23,25). The van der Waals surface area contributed by atoms with E-state index in [9.17, 15) is 9.59 Å². The van der Waals surface area contributed by atoms with Crippen molar-refractivity contribution in [1.29, 1.82) is 0 Å². The van der Waals surface area contributed by atoms with Gasteiger partial charge < -0.3 is 10.1 Å². The largest absolute Gasteiger partial charge is 0.496 e. The number of ketones is 1. The van der Waals surface area contributed by atoms with Gasteiger partial charge in [-0.2, -0.15) is 0 Å². The number of benzene rings is 1. The zero-order chi connectivity index (χ0) is 18.3. The van der Waals surface area contributed by atoms with E-state index >= 15 is 0 Å². The van der Waals surface area contributed by atoms with E-state index in [1.54, 1.807) is 18.2 Å². The lowest BCUT2D eigenvalue weighted by Crippen LogP contribution is -2.59. The van der Waals surface area contributed by atoms with Gasteiger partial charge >= 0.3 is 0 Å². The molecule has 0 spiro atoms. The van der Waals surface area contributed by atoms with Crippen molar-refractivity contribution in [2.75, 3.05) is 7.11 Å². The van der Waals surface area contributed by atoms with Crippen LogP contribution in [0.25, 0.3) is 0 Å². The number of amides is 1. The molecule has 0 aromatic heterocycles. The van der Waals surface area contributed by atoms with Crippen LogP contribution in [0.4, 0.5) is 0 Å². The number of Topliss-reactive ketones (excluding diaryl/α,β-unsaturated/α-hetero) is 1. The van der Waals surface area contributed by atoms with E-state index < -0.39 is 0 Å². The van der Waals surface area contributed by atoms with Gasteiger partial charge in [-0.15, -0.1) is 0 Å². The van der Waals surface area contributed by atoms with Crippen molar-refractivity contribution in [2.45, 2.75) is 56.9 Å². The summed E-state index contributed by atoms with van der Waals surface area (Å²) in [6, 6.07) is 4.99. The Kier molecular flexibility index (Phi) is 4.72. The van der Waals surface area contributed by atoms with Crippen LogP contribution in [-0.2, 0) is 4.79 Å². The Labute approximate surface area is 159 Å². The van der Waals surface area contributed by atoms with Crippen LogP contribution in [0, 0.1) is 17.8 Å². The summed E-state index contributed by atoms with van der Waals surface area (Å²) in [4.78, 5) is 25.1. The van der Waals surface area contributed by atoms with Crippen LogP contribution in [0.3, 0.4) is 0 Å². The Balaban J connectivity index is 1.36. The lowest BCUT2D eigenvalue weighted by molar-refractivity contribution is -0.126. The molecule has 1 amide bonds. The summed E-state index contributed by atoms with van der Waals surface area (Å²) in [6.07, 6.45) is 7.82. The quantitative estimate of drug-likeness (QED) is 0.750. The van der Waals surface area contributed by atoms with Gasteiger partial charge in [0.15, 0.2) is 5.78 Å². The van der Waals surface area contributed by atoms with E-state index in [1.807, 2.05) is 0 Å². The summed E-state index contributed by atoms with van der Waals surface area (Å²) < 4.78 is 5.24. The fourth-order valence-corrected chi connectivity index (χ4v) is 6.05. The maximum Gasteiger partial charge on any atom is 0.220 e. The molecule has 0 unspecified atom stereocenters. The molecule has 1 aromatic carbocycles. The van der Waals surface area contributed by atoms with Crippen LogP contribution in [0.5, 0.6) is 5.75 Å². The Morgan fingerprint density at radius 2 is 1.73 bits per heavy atom. The highest BCUT2D eigenvalue weighted by molar-refractivity contribution is 6.31. The second kappa shape index (κ2) is 6.88. The lowest BCUT2D eigenvalue weighted by Gasteiger charge is -2.56. The van der Waals surface area contributed by atoms with Gasteiger partial charge in [0.25, 0.3) is 0 Å². The van der Waals surface area contributed by atoms with Gasteiger partial charge in [0.2, 0.25) is 5.91 Å². The summed E-state index contributed by atoms with van der Waals surface area (Å²) >= 11 is 6.00. The van der Waals surface area contributed by atoms with E-state index in [2.05, 4.69) is 5.32 Å². The molecule has 0 heterocycles. The number of halogens is 1. The third-order valence-electron chi connectivity index (χ3n) is 6.48. The van der Waals surface area contributed by atoms with Crippen molar-refractivity contribution in [2.24, 2.45) is 17.8 Å². The second-order valence-electron chi connectivity index (χ2n) is 8.51. The number of carbonyl (C=O) groups excluding carboxylic acids is 2. The maximum atomic E-state index is 12.6. The number of hydrogen-bond donors (Lipinski definition) is 1. The Hall–Kier alpha value is -1.55. The zero-order valence-electron chi connectivity index (χ0n) is 15.2. The van der Waals surface area contributed by atoms with E-state index in [0.717, 1.165) is 37.0 Å². The number of carbonyl (C=O) groups is 2. The molecule has 0 atom stereocenters. The normalized spacial score (nSPS) is 31.7. The number of ether oxygens (including phenoxy) is 1. The van der Waals surface area contributed by atoms with E-state index in [4.69, 9.17) is 16.3 Å². The topological polar surface area (TPSA) is 55.4 Å². The first-order valence-electron chi connectivity index (χ1n) is 9.64. The Morgan fingerprint density at radius 1 is 1.12 bits per heavy atom. The number of nitrogens with one attached hydrogen (secondary N) is 1. The van der Waals surface area contributed by atoms with Crippen LogP contribution >= 0.6 is 11.6 Å². The minimum absolute atomic E-state index is 0.00120. The van der Waals surface area contributed by atoms with Crippen LogP contribution in [0.1, 0.15) is 61.7 Å². The van der Waals surface area contributed by atoms with Crippen LogP contribution in [0.2, 0.25) is 5.02 Å². The predicted octanol–water partition coefficient (Wildman–Crippen LogP) is 4.40.